The maximum Gasteiger partial charge on any atom is 0.387 e. The van der Waals surface area contributed by atoms with Gasteiger partial charge in [0.15, 0.2) is 17.5 Å². The van der Waals surface area contributed by atoms with Crippen LogP contribution in [-0.2, 0) is 13.0 Å². The van der Waals surface area contributed by atoms with Gasteiger partial charge in [0.05, 0.1) is 7.11 Å². The highest BCUT2D eigenvalue weighted by atomic mass is 127. The van der Waals surface area contributed by atoms with Crippen LogP contribution in [0.1, 0.15) is 11.1 Å². The van der Waals surface area contributed by atoms with Gasteiger partial charge in [-0.25, -0.2) is 4.39 Å². The second-order valence-corrected chi connectivity index (χ2v) is 6.07. The van der Waals surface area contributed by atoms with E-state index in [1.807, 2.05) is 11.9 Å². The Morgan fingerprint density at radius 1 is 1.10 bits per heavy atom. The van der Waals surface area contributed by atoms with E-state index < -0.39 is 6.61 Å². The first-order chi connectivity index (χ1) is 13.4. The van der Waals surface area contributed by atoms with Gasteiger partial charge in [0.1, 0.15) is 5.82 Å². The molecule has 2 aromatic rings. The third kappa shape index (κ3) is 8.00. The summed E-state index contributed by atoms with van der Waals surface area (Å²) in [7, 11) is 4.95. The minimum Gasteiger partial charge on any atom is -0.493 e. The Kier molecular flexibility index (Phi) is 10.6. The van der Waals surface area contributed by atoms with Crippen molar-refractivity contribution in [3.8, 4) is 11.5 Å². The predicted molar refractivity (Wildman–Crippen MR) is 118 cm³/mol. The van der Waals surface area contributed by atoms with Crippen molar-refractivity contribution in [2.45, 2.75) is 19.6 Å². The minimum atomic E-state index is -2.92. The Morgan fingerprint density at radius 2 is 1.76 bits per heavy atom. The number of nitrogens with one attached hydrogen (secondary N) is 1. The molecule has 0 aromatic heterocycles. The molecule has 5 nitrogen and oxygen atoms in total. The molecule has 0 spiro atoms. The first-order valence-electron chi connectivity index (χ1n) is 8.71. The molecule has 0 aliphatic rings. The predicted octanol–water partition coefficient (Wildman–Crippen LogP) is 4.30. The smallest absolute Gasteiger partial charge is 0.387 e. The van der Waals surface area contributed by atoms with E-state index in [2.05, 4.69) is 15.0 Å². The molecule has 9 heteroatoms. The molecule has 29 heavy (non-hydrogen) atoms. The number of guanidine groups is 1. The molecule has 160 valence electrons. The summed E-state index contributed by atoms with van der Waals surface area (Å²) in [5.41, 5.74) is 1.77. The van der Waals surface area contributed by atoms with Crippen molar-refractivity contribution in [3.05, 3.63) is 59.4 Å². The van der Waals surface area contributed by atoms with Crippen LogP contribution in [0.4, 0.5) is 13.2 Å². The van der Waals surface area contributed by atoms with Crippen LogP contribution in [0.3, 0.4) is 0 Å². The fourth-order valence-corrected chi connectivity index (χ4v) is 2.71. The van der Waals surface area contributed by atoms with Gasteiger partial charge in [0, 0.05) is 27.2 Å². The molecule has 2 aromatic carbocycles. The lowest BCUT2D eigenvalue weighted by Crippen LogP contribution is -2.39. The molecular weight excluding hydrogens is 498 g/mol. The number of methoxy groups -OCH3 is 1. The van der Waals surface area contributed by atoms with Crippen LogP contribution >= 0.6 is 24.0 Å². The molecule has 0 heterocycles. The zero-order valence-corrected chi connectivity index (χ0v) is 18.8. The summed E-state index contributed by atoms with van der Waals surface area (Å²) in [5, 5.41) is 3.22. The highest BCUT2D eigenvalue weighted by molar-refractivity contribution is 14.0. The van der Waals surface area contributed by atoms with Gasteiger partial charge in [-0.15, -0.1) is 24.0 Å². The van der Waals surface area contributed by atoms with Crippen LogP contribution < -0.4 is 14.8 Å². The second-order valence-electron chi connectivity index (χ2n) is 6.07. The van der Waals surface area contributed by atoms with Crippen LogP contribution in [0, 0.1) is 5.82 Å². The molecule has 0 saturated carbocycles. The number of hydrogen-bond acceptors (Lipinski definition) is 3. The van der Waals surface area contributed by atoms with Crippen molar-refractivity contribution in [1.29, 1.82) is 0 Å². The van der Waals surface area contributed by atoms with E-state index in [-0.39, 0.29) is 41.3 Å². The van der Waals surface area contributed by atoms with Gasteiger partial charge in [-0.05, 0) is 41.8 Å². The lowest BCUT2D eigenvalue weighted by molar-refractivity contribution is -0.0512. The maximum absolute atomic E-state index is 13.0. The SMILES string of the molecule is CN=C(NCCc1ccc(OC)c(OC(F)F)c1)N(C)Cc1ccc(F)cc1.I. The second kappa shape index (κ2) is 12.4. The molecule has 0 fully saturated rings. The van der Waals surface area contributed by atoms with Crippen LogP contribution in [-0.4, -0.2) is 45.2 Å². The Morgan fingerprint density at radius 3 is 2.34 bits per heavy atom. The summed E-state index contributed by atoms with van der Waals surface area (Å²) in [6, 6.07) is 11.2. The quantitative estimate of drug-likeness (QED) is 0.319. The summed E-state index contributed by atoms with van der Waals surface area (Å²) in [5.74, 6) is 0.658. The molecule has 0 aliphatic carbocycles. The Bertz CT molecular complexity index is 789. The summed E-state index contributed by atoms with van der Waals surface area (Å²) < 4.78 is 47.6. The molecule has 0 saturated heterocycles. The summed E-state index contributed by atoms with van der Waals surface area (Å²) in [6.45, 7) is -1.81. The van der Waals surface area contributed by atoms with Crippen molar-refractivity contribution >= 4 is 29.9 Å². The lowest BCUT2D eigenvalue weighted by Gasteiger charge is -2.22. The van der Waals surface area contributed by atoms with Gasteiger partial charge >= 0.3 is 6.61 Å². The Balaban J connectivity index is 0.00000420. The van der Waals surface area contributed by atoms with E-state index >= 15 is 0 Å². The fourth-order valence-electron chi connectivity index (χ4n) is 2.71. The number of aliphatic imine (C=N–C) groups is 1. The number of benzene rings is 2. The monoisotopic (exact) mass is 523 g/mol. The molecule has 0 unspecified atom stereocenters. The van der Waals surface area contributed by atoms with Crippen molar-refractivity contribution in [3.63, 3.8) is 0 Å². The minimum absolute atomic E-state index is 0. The highest BCUT2D eigenvalue weighted by Gasteiger charge is 2.12. The summed E-state index contributed by atoms with van der Waals surface area (Å²) in [6.07, 6.45) is 0.576. The van der Waals surface area contributed by atoms with Gasteiger partial charge in [-0.3, -0.25) is 4.99 Å². The number of ether oxygens (including phenoxy) is 2. The van der Waals surface area contributed by atoms with Crippen molar-refractivity contribution in [2.75, 3.05) is 27.7 Å². The molecule has 1 N–H and O–H groups in total. The van der Waals surface area contributed by atoms with Gasteiger partial charge in [-0.2, -0.15) is 8.78 Å². The summed E-state index contributed by atoms with van der Waals surface area (Å²) >= 11 is 0. The van der Waals surface area contributed by atoms with E-state index in [0.29, 0.717) is 25.5 Å². The number of nitrogens with zero attached hydrogens (tertiary/aromatic N) is 2. The van der Waals surface area contributed by atoms with Crippen LogP contribution in [0.5, 0.6) is 11.5 Å². The van der Waals surface area contributed by atoms with Crippen LogP contribution in [0.15, 0.2) is 47.5 Å². The average Bonchev–Trinajstić information content (AvgIpc) is 2.66. The molecule has 0 aliphatic heterocycles. The zero-order valence-electron chi connectivity index (χ0n) is 16.5. The first-order valence-corrected chi connectivity index (χ1v) is 8.71. The normalized spacial score (nSPS) is 11.1. The van der Waals surface area contributed by atoms with Crippen molar-refractivity contribution < 1.29 is 22.6 Å². The number of halogens is 4. The first kappa shape index (κ1) is 24.9. The molecule has 0 atom stereocenters. The van der Waals surface area contributed by atoms with Gasteiger partial charge in [0.2, 0.25) is 0 Å². The van der Waals surface area contributed by atoms with E-state index in [0.717, 1.165) is 11.1 Å². The molecule has 0 bridgehead atoms. The van der Waals surface area contributed by atoms with Crippen LogP contribution in [0.2, 0.25) is 0 Å². The third-order valence-corrected chi connectivity index (χ3v) is 4.05. The molecule has 0 amide bonds. The number of hydrogen-bond donors (Lipinski definition) is 1. The highest BCUT2D eigenvalue weighted by Crippen LogP contribution is 2.29. The van der Waals surface area contributed by atoms with Crippen molar-refractivity contribution in [1.82, 2.24) is 10.2 Å². The van der Waals surface area contributed by atoms with E-state index in [1.54, 1.807) is 31.3 Å². The van der Waals surface area contributed by atoms with E-state index in [9.17, 15) is 13.2 Å². The maximum atomic E-state index is 13.0. The van der Waals surface area contributed by atoms with E-state index in [1.165, 1.54) is 25.3 Å². The summed E-state index contributed by atoms with van der Waals surface area (Å²) in [4.78, 5) is 6.14. The van der Waals surface area contributed by atoms with Gasteiger partial charge in [0.25, 0.3) is 0 Å². The van der Waals surface area contributed by atoms with Gasteiger partial charge in [-0.1, -0.05) is 18.2 Å². The Hall–Kier alpha value is -2.17. The third-order valence-electron chi connectivity index (χ3n) is 4.05. The molecule has 2 rings (SSSR count). The average molecular weight is 523 g/mol. The number of alkyl halides is 2. The molecular formula is C20H25F3IN3O2. The molecule has 0 radical (unpaired) electrons. The largest absolute Gasteiger partial charge is 0.493 e. The van der Waals surface area contributed by atoms with Gasteiger partial charge < -0.3 is 19.7 Å². The topological polar surface area (TPSA) is 46.1 Å². The Labute approximate surface area is 185 Å². The fraction of sp³-hybridized carbons (Fsp3) is 0.350. The standard InChI is InChI=1S/C20H24F3N3O2.HI/c1-24-20(26(2)13-15-4-7-16(21)8-5-15)25-11-10-14-6-9-17(27-3)18(12-14)28-19(22)23;/h4-9,12,19H,10-11,13H2,1-3H3,(H,24,25);1H. The van der Waals surface area contributed by atoms with E-state index in [4.69, 9.17) is 4.74 Å². The number of rotatable bonds is 8. The zero-order chi connectivity index (χ0) is 20.5. The lowest BCUT2D eigenvalue weighted by atomic mass is 10.1. The van der Waals surface area contributed by atoms with Crippen molar-refractivity contribution in [2.24, 2.45) is 4.99 Å². The van der Waals surface area contributed by atoms with Crippen LogP contribution in [0.25, 0.3) is 0 Å².